The number of amides is 1. The topological polar surface area (TPSA) is 84.9 Å². The van der Waals surface area contributed by atoms with Crippen molar-refractivity contribution in [3.63, 3.8) is 0 Å². The van der Waals surface area contributed by atoms with Crippen LogP contribution in [0.4, 0.5) is 11.4 Å². The molecule has 0 aliphatic carbocycles. The predicted molar refractivity (Wildman–Crippen MR) is 110 cm³/mol. The highest BCUT2D eigenvalue weighted by Gasteiger charge is 2.23. The van der Waals surface area contributed by atoms with Gasteiger partial charge in [-0.3, -0.25) is 9.52 Å². The second-order valence-electron chi connectivity index (χ2n) is 6.18. The Kier molecular flexibility index (Phi) is 6.04. The van der Waals surface area contributed by atoms with Crippen LogP contribution in [0.25, 0.3) is 0 Å². The molecule has 0 saturated carbocycles. The minimum Gasteiger partial charge on any atom is -0.493 e. The molecule has 1 aliphatic heterocycles. The van der Waals surface area contributed by atoms with Crippen molar-refractivity contribution in [3.8, 4) is 11.5 Å². The maximum Gasteiger partial charge on any atom is 0.261 e. The summed E-state index contributed by atoms with van der Waals surface area (Å²) in [6, 6.07) is 9.64. The molecule has 1 heterocycles. The number of anilines is 2. The van der Waals surface area contributed by atoms with Crippen LogP contribution in [0.3, 0.4) is 0 Å². The van der Waals surface area contributed by atoms with Gasteiger partial charge in [0.1, 0.15) is 0 Å². The highest BCUT2D eigenvalue weighted by Crippen LogP contribution is 2.36. The number of hydrogen-bond donors (Lipinski definition) is 1. The molecule has 0 aromatic heterocycles. The first-order chi connectivity index (χ1) is 13.4. The van der Waals surface area contributed by atoms with Gasteiger partial charge in [-0.1, -0.05) is 0 Å². The van der Waals surface area contributed by atoms with Crippen LogP contribution < -0.4 is 19.1 Å². The number of carbonyl (C=O) groups excluding carboxylic acids is 1. The fourth-order valence-corrected chi connectivity index (χ4v) is 5.01. The molecule has 2 aromatic rings. The third-order valence-electron chi connectivity index (χ3n) is 4.33. The van der Waals surface area contributed by atoms with Gasteiger partial charge in [0.05, 0.1) is 30.5 Å². The van der Waals surface area contributed by atoms with E-state index in [2.05, 4.69) is 4.72 Å². The van der Waals surface area contributed by atoms with Crippen LogP contribution in [-0.2, 0) is 14.8 Å². The first-order valence-electron chi connectivity index (χ1n) is 8.65. The lowest BCUT2D eigenvalue weighted by Crippen LogP contribution is -2.29. The van der Waals surface area contributed by atoms with Gasteiger partial charge < -0.3 is 14.4 Å². The second kappa shape index (κ2) is 8.32. The maximum absolute atomic E-state index is 12.9. The van der Waals surface area contributed by atoms with Gasteiger partial charge in [-0.05, 0) is 42.5 Å². The van der Waals surface area contributed by atoms with Crippen molar-refractivity contribution in [1.29, 1.82) is 0 Å². The molecule has 1 amide bonds. The molecule has 1 aliphatic rings. The average Bonchev–Trinajstić information content (AvgIpc) is 2.89. The smallest absolute Gasteiger partial charge is 0.261 e. The fourth-order valence-electron chi connectivity index (χ4n) is 2.96. The van der Waals surface area contributed by atoms with E-state index in [1.807, 2.05) is 0 Å². The third-order valence-corrected chi connectivity index (χ3v) is 6.86. The molecule has 1 N–H and O–H groups in total. The number of nitrogens with one attached hydrogen (secondary N) is 1. The number of sulfonamides is 1. The van der Waals surface area contributed by atoms with E-state index in [1.54, 1.807) is 53.1 Å². The molecule has 0 unspecified atom stereocenters. The fraction of sp³-hybridized carbons (Fsp3) is 0.316. The van der Waals surface area contributed by atoms with Gasteiger partial charge in [0.15, 0.2) is 11.5 Å². The standard InChI is InChI=1S/C19H22N2O5S2/c1-13(22)21-9-4-10-27-19-8-6-15(12-16(19)21)28(23,24)20-14-5-7-17(25-2)18(11-14)26-3/h5-8,11-12,20H,4,9-10H2,1-3H3. The number of carbonyl (C=O) groups is 1. The van der Waals surface area contributed by atoms with Gasteiger partial charge in [0.25, 0.3) is 10.0 Å². The van der Waals surface area contributed by atoms with Crippen LogP contribution in [0.5, 0.6) is 11.5 Å². The van der Waals surface area contributed by atoms with E-state index in [-0.39, 0.29) is 10.8 Å². The average molecular weight is 423 g/mol. The number of ether oxygens (including phenoxy) is 2. The summed E-state index contributed by atoms with van der Waals surface area (Å²) in [4.78, 5) is 14.6. The molecule has 28 heavy (non-hydrogen) atoms. The van der Waals surface area contributed by atoms with Crippen molar-refractivity contribution in [2.45, 2.75) is 23.1 Å². The zero-order valence-corrected chi connectivity index (χ0v) is 17.5. The van der Waals surface area contributed by atoms with Gasteiger partial charge in [0.2, 0.25) is 5.91 Å². The molecule has 3 rings (SSSR count). The van der Waals surface area contributed by atoms with Gasteiger partial charge in [-0.15, -0.1) is 11.8 Å². The Morgan fingerprint density at radius 2 is 1.86 bits per heavy atom. The van der Waals surface area contributed by atoms with E-state index in [1.165, 1.54) is 21.1 Å². The molecule has 0 fully saturated rings. The summed E-state index contributed by atoms with van der Waals surface area (Å²) in [6.07, 6.45) is 0.852. The number of thioether (sulfide) groups is 1. The minimum atomic E-state index is -3.85. The van der Waals surface area contributed by atoms with Gasteiger partial charge >= 0.3 is 0 Å². The Morgan fingerprint density at radius 3 is 2.54 bits per heavy atom. The SMILES string of the molecule is COc1ccc(NS(=O)(=O)c2ccc3c(c2)N(C(C)=O)CCCS3)cc1OC. The Bertz CT molecular complexity index is 992. The molecule has 0 saturated heterocycles. The van der Waals surface area contributed by atoms with Crippen LogP contribution in [0.1, 0.15) is 13.3 Å². The summed E-state index contributed by atoms with van der Waals surface area (Å²) in [6.45, 7) is 2.06. The highest BCUT2D eigenvalue weighted by molar-refractivity contribution is 7.99. The van der Waals surface area contributed by atoms with E-state index in [0.29, 0.717) is 29.4 Å². The van der Waals surface area contributed by atoms with Gasteiger partial charge in [-0.2, -0.15) is 0 Å². The van der Waals surface area contributed by atoms with Crippen LogP contribution in [0.15, 0.2) is 46.2 Å². The van der Waals surface area contributed by atoms with Crippen molar-refractivity contribution in [3.05, 3.63) is 36.4 Å². The largest absolute Gasteiger partial charge is 0.493 e. The molecule has 7 nitrogen and oxygen atoms in total. The highest BCUT2D eigenvalue weighted by atomic mass is 32.2. The molecule has 9 heteroatoms. The maximum atomic E-state index is 12.9. The zero-order chi connectivity index (χ0) is 20.3. The molecular formula is C19H22N2O5S2. The molecule has 0 spiro atoms. The number of hydrogen-bond acceptors (Lipinski definition) is 6. The quantitative estimate of drug-likeness (QED) is 0.795. The molecule has 0 atom stereocenters. The van der Waals surface area contributed by atoms with Crippen LogP contribution in [0, 0.1) is 0 Å². The summed E-state index contributed by atoms with van der Waals surface area (Å²) in [5.41, 5.74) is 0.982. The third kappa shape index (κ3) is 4.20. The van der Waals surface area contributed by atoms with Crippen molar-refractivity contribution >= 4 is 39.1 Å². The molecule has 0 radical (unpaired) electrons. The van der Waals surface area contributed by atoms with Gasteiger partial charge in [0, 0.05) is 24.4 Å². The van der Waals surface area contributed by atoms with E-state index in [9.17, 15) is 13.2 Å². The lowest BCUT2D eigenvalue weighted by atomic mass is 10.2. The Balaban J connectivity index is 1.95. The van der Waals surface area contributed by atoms with Crippen LogP contribution in [0.2, 0.25) is 0 Å². The molecule has 150 valence electrons. The van der Waals surface area contributed by atoms with Crippen molar-refractivity contribution in [1.82, 2.24) is 0 Å². The summed E-state index contributed by atoms with van der Waals surface area (Å²) in [5.74, 6) is 1.70. The minimum absolute atomic E-state index is 0.0924. The Hall–Kier alpha value is -2.39. The summed E-state index contributed by atoms with van der Waals surface area (Å²) < 4.78 is 38.8. The summed E-state index contributed by atoms with van der Waals surface area (Å²) in [7, 11) is -0.853. The van der Waals surface area contributed by atoms with Crippen molar-refractivity contribution in [2.75, 3.05) is 36.1 Å². The molecular weight excluding hydrogens is 400 g/mol. The lowest BCUT2D eigenvalue weighted by molar-refractivity contribution is -0.116. The molecule has 2 aromatic carbocycles. The summed E-state index contributed by atoms with van der Waals surface area (Å²) in [5, 5.41) is 0. The lowest BCUT2D eigenvalue weighted by Gasteiger charge is -2.21. The Morgan fingerprint density at radius 1 is 1.11 bits per heavy atom. The number of methoxy groups -OCH3 is 2. The zero-order valence-electron chi connectivity index (χ0n) is 15.9. The first-order valence-corrected chi connectivity index (χ1v) is 11.1. The molecule has 0 bridgehead atoms. The van der Waals surface area contributed by atoms with E-state index in [4.69, 9.17) is 9.47 Å². The van der Waals surface area contributed by atoms with Gasteiger partial charge in [-0.25, -0.2) is 8.42 Å². The monoisotopic (exact) mass is 422 g/mol. The summed E-state index contributed by atoms with van der Waals surface area (Å²) >= 11 is 1.62. The van der Waals surface area contributed by atoms with E-state index in [0.717, 1.165) is 17.1 Å². The Labute approximate surface area is 169 Å². The number of benzene rings is 2. The van der Waals surface area contributed by atoms with E-state index >= 15 is 0 Å². The number of rotatable bonds is 5. The van der Waals surface area contributed by atoms with Crippen LogP contribution >= 0.6 is 11.8 Å². The van der Waals surface area contributed by atoms with Crippen molar-refractivity contribution in [2.24, 2.45) is 0 Å². The second-order valence-corrected chi connectivity index (χ2v) is 9.00. The first kappa shape index (κ1) is 20.3. The van der Waals surface area contributed by atoms with Crippen LogP contribution in [-0.4, -0.2) is 40.8 Å². The normalized spacial score (nSPS) is 14.0. The number of fused-ring (bicyclic) bond motifs is 1. The van der Waals surface area contributed by atoms with E-state index < -0.39 is 10.0 Å². The van der Waals surface area contributed by atoms with Crippen molar-refractivity contribution < 1.29 is 22.7 Å². The predicted octanol–water partition coefficient (Wildman–Crippen LogP) is 3.35. The number of nitrogens with zero attached hydrogens (tertiary/aromatic N) is 1.